The van der Waals surface area contributed by atoms with Crippen molar-refractivity contribution in [2.24, 2.45) is 11.8 Å². The summed E-state index contributed by atoms with van der Waals surface area (Å²) < 4.78 is 33.0. The molecule has 0 radical (unpaired) electrons. The molecule has 1 aromatic rings. The summed E-state index contributed by atoms with van der Waals surface area (Å²) in [6.45, 7) is 12.6. The molecule has 4 rings (SSSR count). The number of nitrogens with one attached hydrogen (secondary N) is 3. The van der Waals surface area contributed by atoms with Gasteiger partial charge in [0.2, 0.25) is 12.2 Å². The highest BCUT2D eigenvalue weighted by atomic mass is 16.7. The molecule has 340 valence electrons. The number of aliphatic hydroxyl groups is 4. The Morgan fingerprint density at radius 3 is 2.32 bits per heavy atom. The fourth-order valence-corrected chi connectivity index (χ4v) is 7.13. The number of hydrogen-bond donors (Lipinski definition) is 7. The number of esters is 1. The number of allylic oxidation sites excluding steroid dienone is 1. The van der Waals surface area contributed by atoms with Gasteiger partial charge < -0.3 is 64.8 Å². The molecule has 0 spiro atoms. The number of likely N-dealkylation sites (N-methyl/N-ethyl adjacent to an activating group) is 1. The highest BCUT2D eigenvalue weighted by Gasteiger charge is 2.50. The van der Waals surface area contributed by atoms with E-state index in [-0.39, 0.29) is 37.2 Å². The Bertz CT molecular complexity index is 1590. The van der Waals surface area contributed by atoms with Crippen molar-refractivity contribution in [1.29, 1.82) is 0 Å². The second kappa shape index (κ2) is 22.8. The summed E-state index contributed by atoms with van der Waals surface area (Å²) in [6, 6.07) is 4.16. The molecule has 3 aliphatic rings. The third-order valence-corrected chi connectivity index (χ3v) is 10.7. The Hall–Kier alpha value is -3.95. The van der Waals surface area contributed by atoms with E-state index in [0.717, 1.165) is 0 Å². The molecule has 2 fully saturated rings. The molecule has 19 heteroatoms. The maximum Gasteiger partial charge on any atom is 0.408 e. The van der Waals surface area contributed by atoms with Crippen LogP contribution in [0.3, 0.4) is 0 Å². The standard InChI is InChI=1S/C21H28N2O8.C20H38N2O7/c1-21(2,3)31-20(25)22-17-11-9-16(30-19(17)28-4)10-12-18(24)29-13-14-5-7-15(8-6-14)23(26)27;1-6-7-13(23)18(26)22-12-8-10(2)11(3)14(24)16(12)29-19-15(25)17(21-5)20(4,27)9-28-19/h5-9,17,19H,10-13H2,1-4H3,(H,22,25);10-17,19,21,23-25,27H,6-9H2,1-5H3,(H,22,26)/t17-,19+;10-,11+,12+,13-,14-,15+,16-,17+,19+,20-/m10/s1. The number of benzene rings is 1. The van der Waals surface area contributed by atoms with Gasteiger partial charge in [-0.25, -0.2) is 4.79 Å². The van der Waals surface area contributed by atoms with E-state index in [9.17, 15) is 44.9 Å². The van der Waals surface area contributed by atoms with E-state index in [1.807, 2.05) is 20.8 Å². The number of alkyl carbamates (subject to hydrolysis) is 1. The van der Waals surface area contributed by atoms with E-state index in [2.05, 4.69) is 16.0 Å². The maximum absolute atomic E-state index is 12.4. The van der Waals surface area contributed by atoms with Crippen molar-refractivity contribution >= 4 is 23.7 Å². The molecule has 1 saturated carbocycles. The van der Waals surface area contributed by atoms with Crippen LogP contribution >= 0.6 is 0 Å². The van der Waals surface area contributed by atoms with Crippen molar-refractivity contribution in [1.82, 2.24) is 16.0 Å². The average molecular weight is 855 g/mol. The highest BCUT2D eigenvalue weighted by molar-refractivity contribution is 5.80. The van der Waals surface area contributed by atoms with Gasteiger partial charge in [0.25, 0.3) is 5.69 Å². The zero-order valence-corrected chi connectivity index (χ0v) is 36.1. The molecule has 7 N–H and O–H groups in total. The Labute approximate surface area is 351 Å². The maximum atomic E-state index is 12.4. The number of carbonyl (C=O) groups is 3. The first-order valence-corrected chi connectivity index (χ1v) is 20.4. The predicted octanol–water partition coefficient (Wildman–Crippen LogP) is 2.70. The smallest absolute Gasteiger partial charge is 0.408 e. The van der Waals surface area contributed by atoms with Gasteiger partial charge in [0, 0.05) is 25.7 Å². The molecule has 12 atom stereocenters. The molecule has 2 aliphatic heterocycles. The van der Waals surface area contributed by atoms with Gasteiger partial charge in [-0.2, -0.15) is 0 Å². The Morgan fingerprint density at radius 1 is 1.07 bits per heavy atom. The molecule has 0 unspecified atom stereocenters. The van der Waals surface area contributed by atoms with Gasteiger partial charge >= 0.3 is 12.1 Å². The number of methoxy groups -OCH3 is 1. The first-order chi connectivity index (χ1) is 28.1. The van der Waals surface area contributed by atoms with E-state index in [1.165, 1.54) is 19.2 Å². The van der Waals surface area contributed by atoms with Crippen LogP contribution in [0.2, 0.25) is 0 Å². The van der Waals surface area contributed by atoms with E-state index < -0.39 is 89.2 Å². The number of rotatable bonds is 15. The van der Waals surface area contributed by atoms with Gasteiger partial charge in [0.15, 0.2) is 6.29 Å². The van der Waals surface area contributed by atoms with Crippen LogP contribution in [0.15, 0.2) is 36.1 Å². The summed E-state index contributed by atoms with van der Waals surface area (Å²) >= 11 is 0. The molecule has 60 heavy (non-hydrogen) atoms. The molecule has 2 heterocycles. The van der Waals surface area contributed by atoms with Crippen molar-refractivity contribution in [2.75, 3.05) is 20.8 Å². The normalized spacial score (nSPS) is 30.9. The predicted molar refractivity (Wildman–Crippen MR) is 216 cm³/mol. The Kier molecular flexibility index (Phi) is 19.1. The number of carbonyl (C=O) groups excluding carboxylic acids is 3. The van der Waals surface area contributed by atoms with Gasteiger partial charge in [0.1, 0.15) is 36.1 Å². The minimum atomic E-state index is -1.28. The summed E-state index contributed by atoms with van der Waals surface area (Å²) in [5.41, 5.74) is -1.26. The lowest BCUT2D eigenvalue weighted by atomic mass is 9.75. The number of non-ortho nitro benzene ring substituents is 1. The molecular formula is C41H66N4O15. The van der Waals surface area contributed by atoms with Crippen molar-refractivity contribution in [3.8, 4) is 0 Å². The number of ether oxygens (including phenoxy) is 6. The van der Waals surface area contributed by atoms with Crippen molar-refractivity contribution in [2.45, 2.75) is 160 Å². The minimum absolute atomic E-state index is 0.0244. The van der Waals surface area contributed by atoms with Gasteiger partial charge in [-0.3, -0.25) is 19.7 Å². The fourth-order valence-electron chi connectivity index (χ4n) is 7.13. The molecule has 0 aromatic heterocycles. The largest absolute Gasteiger partial charge is 0.467 e. The molecule has 19 nitrogen and oxygen atoms in total. The molecule has 2 amide bonds. The van der Waals surface area contributed by atoms with Crippen LogP contribution in [-0.2, 0) is 44.6 Å². The SMILES string of the molecule is CCC[C@H](O)C(=O)N[C@@H]1C[C@H](C)[C@@H](C)[C@H](O)[C@H]1O[C@H]1OC[C@](C)(O)[C@H](NC)[C@H]1O.CO[C@H]1OC(CCC(=O)OCc2ccc([N+](=O)[O-])cc2)=CC[C@H]1NC(=O)OC(C)(C)C. The molecule has 1 aromatic carbocycles. The third-order valence-electron chi connectivity index (χ3n) is 10.7. The van der Waals surface area contributed by atoms with Crippen LogP contribution in [0.5, 0.6) is 0 Å². The Balaban J connectivity index is 0.000000321. The first kappa shape index (κ1) is 50.4. The molecule has 1 aliphatic carbocycles. The summed E-state index contributed by atoms with van der Waals surface area (Å²) in [5.74, 6) is -0.313. The van der Waals surface area contributed by atoms with Crippen molar-refractivity contribution in [3.63, 3.8) is 0 Å². The highest BCUT2D eigenvalue weighted by Crippen LogP contribution is 2.35. The van der Waals surface area contributed by atoms with Crippen LogP contribution in [0.1, 0.15) is 92.6 Å². The van der Waals surface area contributed by atoms with E-state index in [0.29, 0.717) is 43.4 Å². The van der Waals surface area contributed by atoms with Gasteiger partial charge in [0.05, 0.1) is 47.9 Å². The summed E-state index contributed by atoms with van der Waals surface area (Å²) in [6.07, 6.45) is -2.10. The van der Waals surface area contributed by atoms with Crippen molar-refractivity contribution in [3.05, 3.63) is 51.8 Å². The topological polar surface area (TPSA) is 267 Å². The fraction of sp³-hybridized carbons (Fsp3) is 0.732. The van der Waals surface area contributed by atoms with E-state index in [1.54, 1.807) is 53.0 Å². The quantitative estimate of drug-likeness (QED) is 0.0760. The first-order valence-electron chi connectivity index (χ1n) is 20.4. The number of aliphatic hydroxyl groups excluding tert-OH is 3. The van der Waals surface area contributed by atoms with E-state index in [4.69, 9.17) is 28.4 Å². The monoisotopic (exact) mass is 854 g/mol. The molecule has 0 bridgehead atoms. The van der Waals surface area contributed by atoms with Crippen LogP contribution < -0.4 is 16.0 Å². The zero-order valence-electron chi connectivity index (χ0n) is 36.1. The summed E-state index contributed by atoms with van der Waals surface area (Å²) in [4.78, 5) is 46.5. The number of amides is 2. The van der Waals surface area contributed by atoms with Crippen LogP contribution in [0.4, 0.5) is 10.5 Å². The lowest BCUT2D eigenvalue weighted by molar-refractivity contribution is -0.384. The second-order valence-electron chi connectivity index (χ2n) is 16.8. The van der Waals surface area contributed by atoms with Crippen LogP contribution in [0.25, 0.3) is 0 Å². The minimum Gasteiger partial charge on any atom is -0.467 e. The van der Waals surface area contributed by atoms with Crippen LogP contribution in [0, 0.1) is 22.0 Å². The molecule has 1 saturated heterocycles. The lowest BCUT2D eigenvalue weighted by Gasteiger charge is -2.48. The molecular weight excluding hydrogens is 788 g/mol. The van der Waals surface area contributed by atoms with Gasteiger partial charge in [-0.1, -0.05) is 27.2 Å². The number of nitro benzene ring substituents is 1. The third kappa shape index (κ3) is 14.9. The summed E-state index contributed by atoms with van der Waals surface area (Å²) in [7, 11) is 3.10. The van der Waals surface area contributed by atoms with Crippen LogP contribution in [-0.4, -0.2) is 130 Å². The number of nitrogens with zero attached hydrogens (tertiary/aromatic N) is 1. The van der Waals surface area contributed by atoms with Crippen molar-refractivity contribution < 1.29 is 68.2 Å². The number of hydrogen-bond acceptors (Lipinski definition) is 16. The lowest BCUT2D eigenvalue weighted by Crippen LogP contribution is -2.67. The van der Waals surface area contributed by atoms with Gasteiger partial charge in [-0.15, -0.1) is 0 Å². The average Bonchev–Trinajstić information content (AvgIpc) is 3.17. The Morgan fingerprint density at radius 2 is 1.73 bits per heavy atom. The summed E-state index contributed by atoms with van der Waals surface area (Å²) in [5, 5.41) is 60.9. The van der Waals surface area contributed by atoms with E-state index >= 15 is 0 Å². The zero-order chi connectivity index (χ0) is 44.9. The van der Waals surface area contributed by atoms with Gasteiger partial charge in [-0.05, 0) is 89.6 Å². The second-order valence-corrected chi connectivity index (χ2v) is 16.8. The number of nitro groups is 1.